The molecular formula is C13H25NO2. The van der Waals surface area contributed by atoms with Crippen molar-refractivity contribution in [3.05, 3.63) is 0 Å². The van der Waals surface area contributed by atoms with Gasteiger partial charge < -0.3 is 15.2 Å². The van der Waals surface area contributed by atoms with Gasteiger partial charge in [-0.15, -0.1) is 0 Å². The summed E-state index contributed by atoms with van der Waals surface area (Å²) >= 11 is 0. The summed E-state index contributed by atoms with van der Waals surface area (Å²) in [5.41, 5.74) is -0.508. The minimum Gasteiger partial charge on any atom is -0.387 e. The Bertz CT molecular complexity index is 208. The van der Waals surface area contributed by atoms with Gasteiger partial charge in [-0.1, -0.05) is 19.3 Å². The van der Waals surface area contributed by atoms with E-state index in [-0.39, 0.29) is 0 Å². The molecule has 0 aromatic heterocycles. The highest BCUT2D eigenvalue weighted by Crippen LogP contribution is 2.33. The van der Waals surface area contributed by atoms with Gasteiger partial charge in [0.05, 0.1) is 18.3 Å². The van der Waals surface area contributed by atoms with Crippen molar-refractivity contribution < 1.29 is 9.84 Å². The number of hydrogen-bond donors (Lipinski definition) is 2. The van der Waals surface area contributed by atoms with Crippen molar-refractivity contribution in [2.75, 3.05) is 20.2 Å². The summed E-state index contributed by atoms with van der Waals surface area (Å²) in [4.78, 5) is 0. The third-order valence-electron chi connectivity index (χ3n) is 4.06. The van der Waals surface area contributed by atoms with E-state index >= 15 is 0 Å². The Morgan fingerprint density at radius 3 is 2.56 bits per heavy atom. The highest BCUT2D eigenvalue weighted by Gasteiger charge is 2.34. The van der Waals surface area contributed by atoms with E-state index in [0.29, 0.717) is 12.7 Å². The summed E-state index contributed by atoms with van der Waals surface area (Å²) in [6.07, 6.45) is 8.19. The zero-order valence-corrected chi connectivity index (χ0v) is 10.4. The number of aliphatic hydroxyl groups is 1. The summed E-state index contributed by atoms with van der Waals surface area (Å²) in [5, 5.41) is 13.5. The smallest absolute Gasteiger partial charge is 0.0880 e. The Morgan fingerprint density at radius 1 is 1.25 bits per heavy atom. The lowest BCUT2D eigenvalue weighted by Gasteiger charge is -2.39. The van der Waals surface area contributed by atoms with Crippen LogP contribution in [0.15, 0.2) is 0 Å². The van der Waals surface area contributed by atoms with Crippen molar-refractivity contribution in [2.24, 2.45) is 5.92 Å². The van der Waals surface area contributed by atoms with Crippen LogP contribution in [0, 0.1) is 5.92 Å². The summed E-state index contributed by atoms with van der Waals surface area (Å²) in [5.74, 6) is 0.788. The van der Waals surface area contributed by atoms with Gasteiger partial charge in [0.25, 0.3) is 0 Å². The van der Waals surface area contributed by atoms with Crippen LogP contribution < -0.4 is 5.32 Å². The fraction of sp³-hybridized carbons (Fsp3) is 1.00. The number of hydrogen-bond acceptors (Lipinski definition) is 3. The SMILES string of the molecule is CNCC1CC(OCC2(O)CCCCC2)C1. The van der Waals surface area contributed by atoms with Crippen molar-refractivity contribution in [3.63, 3.8) is 0 Å². The summed E-state index contributed by atoms with van der Waals surface area (Å²) in [6, 6.07) is 0. The zero-order chi connectivity index (χ0) is 11.4. The number of ether oxygens (including phenoxy) is 1. The van der Waals surface area contributed by atoms with Gasteiger partial charge in [-0.25, -0.2) is 0 Å². The minimum atomic E-state index is -0.508. The molecule has 2 saturated carbocycles. The van der Waals surface area contributed by atoms with Gasteiger partial charge in [0, 0.05) is 0 Å². The molecule has 0 heterocycles. The predicted molar refractivity (Wildman–Crippen MR) is 64.4 cm³/mol. The van der Waals surface area contributed by atoms with E-state index in [1.54, 1.807) is 0 Å². The Balaban J connectivity index is 1.61. The molecule has 0 spiro atoms. The molecule has 0 aromatic carbocycles. The topological polar surface area (TPSA) is 41.5 Å². The maximum Gasteiger partial charge on any atom is 0.0880 e. The first-order valence-corrected chi connectivity index (χ1v) is 6.70. The molecule has 0 radical (unpaired) electrons. The normalized spacial score (nSPS) is 33.4. The quantitative estimate of drug-likeness (QED) is 0.751. The van der Waals surface area contributed by atoms with E-state index in [9.17, 15) is 5.11 Å². The second-order valence-corrected chi connectivity index (χ2v) is 5.61. The molecule has 2 N–H and O–H groups in total. The molecule has 2 aliphatic carbocycles. The van der Waals surface area contributed by atoms with E-state index in [4.69, 9.17) is 4.74 Å². The molecule has 0 aromatic rings. The van der Waals surface area contributed by atoms with Gasteiger partial charge in [-0.05, 0) is 45.2 Å². The average Bonchev–Trinajstić information content (AvgIpc) is 2.22. The second kappa shape index (κ2) is 5.48. The van der Waals surface area contributed by atoms with Crippen LogP contribution >= 0.6 is 0 Å². The maximum atomic E-state index is 10.3. The van der Waals surface area contributed by atoms with Crippen LogP contribution in [-0.4, -0.2) is 37.0 Å². The first-order chi connectivity index (χ1) is 7.72. The number of nitrogens with one attached hydrogen (secondary N) is 1. The van der Waals surface area contributed by atoms with Crippen molar-refractivity contribution in [3.8, 4) is 0 Å². The van der Waals surface area contributed by atoms with Gasteiger partial charge in [-0.3, -0.25) is 0 Å². The van der Waals surface area contributed by atoms with Gasteiger partial charge in [-0.2, -0.15) is 0 Å². The molecule has 0 amide bonds. The Kier molecular flexibility index (Phi) is 4.22. The zero-order valence-electron chi connectivity index (χ0n) is 10.4. The highest BCUT2D eigenvalue weighted by molar-refractivity contribution is 4.85. The number of rotatable bonds is 5. The Morgan fingerprint density at radius 2 is 1.94 bits per heavy atom. The fourth-order valence-corrected chi connectivity index (χ4v) is 2.89. The molecule has 3 heteroatoms. The summed E-state index contributed by atoms with van der Waals surface area (Å²) in [7, 11) is 2.00. The van der Waals surface area contributed by atoms with Crippen LogP contribution in [0.5, 0.6) is 0 Å². The molecule has 0 atom stereocenters. The van der Waals surface area contributed by atoms with Gasteiger partial charge in [0.1, 0.15) is 0 Å². The molecule has 0 aliphatic heterocycles. The van der Waals surface area contributed by atoms with E-state index in [0.717, 1.165) is 51.0 Å². The van der Waals surface area contributed by atoms with E-state index in [1.807, 2.05) is 7.05 Å². The molecular weight excluding hydrogens is 202 g/mol. The fourth-order valence-electron chi connectivity index (χ4n) is 2.89. The lowest BCUT2D eigenvalue weighted by atomic mass is 9.81. The Labute approximate surface area is 98.6 Å². The predicted octanol–water partition coefficient (Wildman–Crippen LogP) is 1.70. The van der Waals surface area contributed by atoms with Gasteiger partial charge in [0.2, 0.25) is 0 Å². The lowest BCUT2D eigenvalue weighted by Crippen LogP contribution is -2.42. The van der Waals surface area contributed by atoms with Crippen LogP contribution in [0.1, 0.15) is 44.9 Å². The molecule has 0 bridgehead atoms. The maximum absolute atomic E-state index is 10.3. The van der Waals surface area contributed by atoms with Crippen LogP contribution in [0.3, 0.4) is 0 Å². The van der Waals surface area contributed by atoms with Crippen LogP contribution in [0.25, 0.3) is 0 Å². The minimum absolute atomic E-state index is 0.407. The van der Waals surface area contributed by atoms with Crippen LogP contribution in [-0.2, 0) is 4.74 Å². The monoisotopic (exact) mass is 227 g/mol. The molecule has 94 valence electrons. The third-order valence-corrected chi connectivity index (χ3v) is 4.06. The van der Waals surface area contributed by atoms with Gasteiger partial charge >= 0.3 is 0 Å². The molecule has 3 nitrogen and oxygen atoms in total. The van der Waals surface area contributed by atoms with Crippen molar-refractivity contribution in [1.29, 1.82) is 0 Å². The first-order valence-electron chi connectivity index (χ1n) is 6.70. The van der Waals surface area contributed by atoms with Crippen LogP contribution in [0.4, 0.5) is 0 Å². The highest BCUT2D eigenvalue weighted by atomic mass is 16.5. The van der Waals surface area contributed by atoms with Crippen molar-refractivity contribution in [2.45, 2.75) is 56.7 Å². The van der Waals surface area contributed by atoms with Gasteiger partial charge in [0.15, 0.2) is 0 Å². The summed E-state index contributed by atoms with van der Waals surface area (Å²) in [6.45, 7) is 1.66. The molecule has 0 saturated heterocycles. The first kappa shape index (κ1) is 12.3. The average molecular weight is 227 g/mol. The lowest BCUT2D eigenvalue weighted by molar-refractivity contribution is -0.117. The van der Waals surface area contributed by atoms with E-state index < -0.39 is 5.60 Å². The van der Waals surface area contributed by atoms with Crippen molar-refractivity contribution in [1.82, 2.24) is 5.32 Å². The van der Waals surface area contributed by atoms with Crippen molar-refractivity contribution >= 4 is 0 Å². The Hall–Kier alpha value is -0.120. The van der Waals surface area contributed by atoms with E-state index in [2.05, 4.69) is 5.32 Å². The summed E-state index contributed by atoms with van der Waals surface area (Å²) < 4.78 is 5.82. The largest absolute Gasteiger partial charge is 0.387 e. The standard InChI is InChI=1S/C13H25NO2/c1-14-9-11-7-12(8-11)16-10-13(15)5-3-2-4-6-13/h11-12,14-15H,2-10H2,1H3. The second-order valence-electron chi connectivity index (χ2n) is 5.61. The molecule has 16 heavy (non-hydrogen) atoms. The molecule has 0 unspecified atom stereocenters. The third kappa shape index (κ3) is 3.19. The van der Waals surface area contributed by atoms with E-state index in [1.165, 1.54) is 6.42 Å². The molecule has 2 aliphatic rings. The molecule has 2 fully saturated rings. The van der Waals surface area contributed by atoms with Crippen LogP contribution in [0.2, 0.25) is 0 Å². The molecule has 2 rings (SSSR count).